The molecule has 1 unspecified atom stereocenters. The molecule has 0 aromatic heterocycles. The summed E-state index contributed by atoms with van der Waals surface area (Å²) in [5, 5.41) is 20.0. The SMILES string of the molecule is O=C(O)C1COCCN1CCc1ccccc1[N+](=O)[O-]. The van der Waals surface area contributed by atoms with Crippen molar-refractivity contribution in [1.82, 2.24) is 4.90 Å². The number of aliphatic carboxylic acids is 1. The third-order valence-electron chi connectivity index (χ3n) is 3.38. The van der Waals surface area contributed by atoms with Crippen LogP contribution in [0.1, 0.15) is 5.56 Å². The van der Waals surface area contributed by atoms with Gasteiger partial charge in [0.05, 0.1) is 18.1 Å². The van der Waals surface area contributed by atoms with Crippen LogP contribution in [0.25, 0.3) is 0 Å². The number of hydrogen-bond donors (Lipinski definition) is 1. The van der Waals surface area contributed by atoms with Gasteiger partial charge in [-0.15, -0.1) is 0 Å². The Morgan fingerprint density at radius 2 is 2.25 bits per heavy atom. The minimum atomic E-state index is -0.924. The van der Waals surface area contributed by atoms with Crippen molar-refractivity contribution in [3.8, 4) is 0 Å². The molecular formula is C13H16N2O5. The molecule has 1 aromatic rings. The van der Waals surface area contributed by atoms with Crippen LogP contribution in [0.2, 0.25) is 0 Å². The molecule has 2 rings (SSSR count). The van der Waals surface area contributed by atoms with Gasteiger partial charge in [-0.2, -0.15) is 0 Å². The number of morpholine rings is 1. The molecule has 1 atom stereocenters. The Bertz CT molecular complexity index is 505. The number of para-hydroxylation sites is 1. The largest absolute Gasteiger partial charge is 0.480 e. The number of carboxylic acid groups (broad SMARTS) is 1. The minimum absolute atomic E-state index is 0.0765. The van der Waals surface area contributed by atoms with Crippen molar-refractivity contribution in [2.24, 2.45) is 0 Å². The molecule has 7 nitrogen and oxygen atoms in total. The molecule has 1 aromatic carbocycles. The molecule has 1 fully saturated rings. The smallest absolute Gasteiger partial charge is 0.323 e. The minimum Gasteiger partial charge on any atom is -0.480 e. The van der Waals surface area contributed by atoms with Gasteiger partial charge in [-0.3, -0.25) is 19.8 Å². The Labute approximate surface area is 115 Å². The molecule has 0 radical (unpaired) electrons. The molecule has 0 amide bonds. The maximum absolute atomic E-state index is 11.1. The molecule has 1 aliphatic heterocycles. The Hall–Kier alpha value is -1.99. The summed E-state index contributed by atoms with van der Waals surface area (Å²) in [5.41, 5.74) is 0.695. The van der Waals surface area contributed by atoms with Gasteiger partial charge >= 0.3 is 5.97 Å². The van der Waals surface area contributed by atoms with E-state index < -0.39 is 16.9 Å². The lowest BCUT2D eigenvalue weighted by molar-refractivity contribution is -0.385. The standard InChI is InChI=1S/C13H16N2O5/c16-13(17)12-9-20-8-7-14(12)6-5-10-3-1-2-4-11(10)15(18)19/h1-4,12H,5-9H2,(H,16,17). The predicted octanol–water partition coefficient (Wildman–Crippen LogP) is 0.923. The summed E-state index contributed by atoms with van der Waals surface area (Å²) in [6, 6.07) is 5.86. The Kier molecular flexibility index (Phi) is 4.65. The van der Waals surface area contributed by atoms with Crippen molar-refractivity contribution in [3.05, 3.63) is 39.9 Å². The highest BCUT2D eigenvalue weighted by Gasteiger charge is 2.29. The summed E-state index contributed by atoms with van der Waals surface area (Å²) < 4.78 is 5.16. The molecule has 20 heavy (non-hydrogen) atoms. The number of carboxylic acids is 1. The number of nitro benzene ring substituents is 1. The average Bonchev–Trinajstić information content (AvgIpc) is 2.45. The Morgan fingerprint density at radius 3 is 2.95 bits per heavy atom. The summed E-state index contributed by atoms with van der Waals surface area (Å²) in [7, 11) is 0. The highest BCUT2D eigenvalue weighted by atomic mass is 16.6. The van der Waals surface area contributed by atoms with Gasteiger partial charge in [-0.25, -0.2) is 0 Å². The first-order valence-electron chi connectivity index (χ1n) is 6.36. The highest BCUT2D eigenvalue weighted by molar-refractivity contribution is 5.73. The van der Waals surface area contributed by atoms with Gasteiger partial charge in [-0.05, 0) is 6.42 Å². The van der Waals surface area contributed by atoms with Crippen LogP contribution in [0.5, 0.6) is 0 Å². The van der Waals surface area contributed by atoms with Gasteiger partial charge in [0.15, 0.2) is 0 Å². The van der Waals surface area contributed by atoms with E-state index in [2.05, 4.69) is 0 Å². The van der Waals surface area contributed by atoms with Crippen LogP contribution in [0.3, 0.4) is 0 Å². The number of hydrogen-bond acceptors (Lipinski definition) is 5. The fourth-order valence-electron chi connectivity index (χ4n) is 2.30. The maximum atomic E-state index is 11.1. The third kappa shape index (κ3) is 3.31. The van der Waals surface area contributed by atoms with Gasteiger partial charge in [0.25, 0.3) is 5.69 Å². The summed E-state index contributed by atoms with van der Waals surface area (Å²) in [6.45, 7) is 1.63. The van der Waals surface area contributed by atoms with Crippen LogP contribution in [-0.2, 0) is 16.0 Å². The number of carbonyl (C=O) groups is 1. The van der Waals surface area contributed by atoms with E-state index in [4.69, 9.17) is 9.84 Å². The van der Waals surface area contributed by atoms with Crippen molar-refractivity contribution in [3.63, 3.8) is 0 Å². The Morgan fingerprint density at radius 1 is 1.50 bits per heavy atom. The summed E-state index contributed by atoms with van der Waals surface area (Å²) in [4.78, 5) is 23.4. The summed E-state index contributed by atoms with van der Waals surface area (Å²) in [5.74, 6) is -0.924. The van der Waals surface area contributed by atoms with Gasteiger partial charge in [0.1, 0.15) is 6.04 Å². The zero-order valence-corrected chi connectivity index (χ0v) is 10.9. The van der Waals surface area contributed by atoms with Gasteiger partial charge in [0, 0.05) is 24.7 Å². The normalized spacial score (nSPS) is 19.7. The van der Waals surface area contributed by atoms with Gasteiger partial charge in [-0.1, -0.05) is 18.2 Å². The van der Waals surface area contributed by atoms with Crippen LogP contribution in [0, 0.1) is 10.1 Å². The van der Waals surface area contributed by atoms with Gasteiger partial charge in [0.2, 0.25) is 0 Å². The molecule has 108 valence electrons. The number of benzene rings is 1. The number of nitro groups is 1. The van der Waals surface area contributed by atoms with Crippen LogP contribution >= 0.6 is 0 Å². The lowest BCUT2D eigenvalue weighted by Gasteiger charge is -2.32. The topological polar surface area (TPSA) is 92.9 Å². The first-order chi connectivity index (χ1) is 9.59. The number of nitrogens with zero attached hydrogens (tertiary/aromatic N) is 2. The summed E-state index contributed by atoms with van der Waals surface area (Å²) >= 11 is 0. The van der Waals surface area contributed by atoms with Crippen LogP contribution in [0.15, 0.2) is 24.3 Å². The average molecular weight is 280 g/mol. The first kappa shape index (κ1) is 14.4. The van der Waals surface area contributed by atoms with E-state index in [9.17, 15) is 14.9 Å². The molecule has 0 aliphatic carbocycles. The maximum Gasteiger partial charge on any atom is 0.323 e. The van der Waals surface area contributed by atoms with Gasteiger partial charge < -0.3 is 9.84 Å². The summed E-state index contributed by atoms with van der Waals surface area (Å²) in [6.07, 6.45) is 0.445. The zero-order valence-electron chi connectivity index (χ0n) is 10.9. The zero-order chi connectivity index (χ0) is 14.5. The third-order valence-corrected chi connectivity index (χ3v) is 3.38. The van der Waals surface area contributed by atoms with Crippen LogP contribution in [0.4, 0.5) is 5.69 Å². The fraction of sp³-hybridized carbons (Fsp3) is 0.462. The van der Waals surface area contributed by atoms with E-state index in [0.29, 0.717) is 31.7 Å². The van der Waals surface area contributed by atoms with E-state index in [1.54, 1.807) is 23.1 Å². The molecule has 0 spiro atoms. The lowest BCUT2D eigenvalue weighted by Crippen LogP contribution is -2.50. The van der Waals surface area contributed by atoms with Crippen LogP contribution < -0.4 is 0 Å². The van der Waals surface area contributed by atoms with Crippen molar-refractivity contribution in [2.75, 3.05) is 26.3 Å². The second-order valence-electron chi connectivity index (χ2n) is 4.60. The number of rotatable bonds is 5. The molecular weight excluding hydrogens is 264 g/mol. The lowest BCUT2D eigenvalue weighted by atomic mass is 10.1. The van der Waals surface area contributed by atoms with E-state index in [-0.39, 0.29) is 12.3 Å². The molecule has 7 heteroatoms. The molecule has 1 N–H and O–H groups in total. The second kappa shape index (κ2) is 6.44. The van der Waals surface area contributed by atoms with Crippen LogP contribution in [-0.4, -0.2) is 53.2 Å². The van der Waals surface area contributed by atoms with E-state index >= 15 is 0 Å². The molecule has 1 heterocycles. The fourth-order valence-corrected chi connectivity index (χ4v) is 2.30. The highest BCUT2D eigenvalue weighted by Crippen LogP contribution is 2.19. The molecule has 1 aliphatic rings. The Balaban J connectivity index is 2.04. The monoisotopic (exact) mass is 280 g/mol. The van der Waals surface area contributed by atoms with E-state index in [0.717, 1.165) is 0 Å². The van der Waals surface area contributed by atoms with Crippen molar-refractivity contribution in [1.29, 1.82) is 0 Å². The van der Waals surface area contributed by atoms with Crippen molar-refractivity contribution in [2.45, 2.75) is 12.5 Å². The quantitative estimate of drug-likeness (QED) is 0.637. The first-order valence-corrected chi connectivity index (χ1v) is 6.36. The molecule has 1 saturated heterocycles. The second-order valence-corrected chi connectivity index (χ2v) is 4.60. The van der Waals surface area contributed by atoms with E-state index in [1.807, 2.05) is 0 Å². The van der Waals surface area contributed by atoms with Crippen molar-refractivity contribution >= 4 is 11.7 Å². The van der Waals surface area contributed by atoms with Crippen molar-refractivity contribution < 1.29 is 19.6 Å². The molecule has 0 saturated carbocycles. The molecule has 0 bridgehead atoms. The predicted molar refractivity (Wildman–Crippen MR) is 70.6 cm³/mol. The van der Waals surface area contributed by atoms with E-state index in [1.165, 1.54) is 6.07 Å². The number of ether oxygens (including phenoxy) is 1.